The van der Waals surface area contributed by atoms with Crippen LogP contribution in [0.2, 0.25) is 0 Å². The van der Waals surface area contributed by atoms with Crippen molar-refractivity contribution in [2.45, 2.75) is 20.8 Å². The van der Waals surface area contributed by atoms with E-state index in [-0.39, 0.29) is 18.4 Å². The second kappa shape index (κ2) is 10.2. The summed E-state index contributed by atoms with van der Waals surface area (Å²) in [6, 6.07) is 0. The zero-order chi connectivity index (χ0) is 12.4. The molecule has 17 heavy (non-hydrogen) atoms. The lowest BCUT2D eigenvalue weighted by Gasteiger charge is -2.33. The van der Waals surface area contributed by atoms with E-state index in [0.717, 1.165) is 13.1 Å². The first-order valence-corrected chi connectivity index (χ1v) is 5.74. The predicted molar refractivity (Wildman–Crippen MR) is 65.7 cm³/mol. The fourth-order valence-corrected chi connectivity index (χ4v) is 1.49. The van der Waals surface area contributed by atoms with Gasteiger partial charge in [-0.05, 0) is 32.8 Å². The van der Waals surface area contributed by atoms with Gasteiger partial charge in [0, 0.05) is 0 Å². The van der Waals surface area contributed by atoms with Gasteiger partial charge < -0.3 is 21.6 Å². The fourth-order valence-electron chi connectivity index (χ4n) is 1.49. The van der Waals surface area contributed by atoms with Crippen LogP contribution in [-0.4, -0.2) is 43.2 Å². The van der Waals surface area contributed by atoms with Crippen LogP contribution in [0.1, 0.15) is 20.8 Å². The van der Waals surface area contributed by atoms with Crippen LogP contribution in [0.4, 0.5) is 0 Å². The number of likely N-dealkylation sites (N-methyl/N-ethyl adjacent to an activating group) is 1. The number of esters is 1. The highest BCUT2D eigenvalue weighted by molar-refractivity contribution is 5.70. The summed E-state index contributed by atoms with van der Waals surface area (Å²) in [5, 5.41) is 0. The number of allylic oxidation sites excluding steroid dienone is 1. The van der Waals surface area contributed by atoms with Crippen LogP contribution in [0.3, 0.4) is 0 Å². The highest BCUT2D eigenvalue weighted by Crippen LogP contribution is 2.06. The number of rotatable bonds is 6. The molecule has 0 unspecified atom stereocenters. The Morgan fingerprint density at radius 2 is 1.94 bits per heavy atom. The number of carbonyl (C=O) groups is 1. The van der Waals surface area contributed by atoms with Crippen LogP contribution < -0.4 is 12.4 Å². The largest absolute Gasteiger partial charge is 1.00 e. The smallest absolute Gasteiger partial charge is 0.361 e. The molecule has 4 heteroatoms. The number of quaternary nitrogens is 1. The van der Waals surface area contributed by atoms with E-state index in [1.165, 1.54) is 0 Å². The third-order valence-electron chi connectivity index (χ3n) is 2.73. The topological polar surface area (TPSA) is 26.3 Å². The summed E-state index contributed by atoms with van der Waals surface area (Å²) in [6.45, 7) is 12.8. The summed E-state index contributed by atoms with van der Waals surface area (Å²) in [5.41, 5.74) is 0. The zero-order valence-electron chi connectivity index (χ0n) is 11.0. The second-order valence-corrected chi connectivity index (χ2v) is 3.62. The molecule has 0 fully saturated rings. The van der Waals surface area contributed by atoms with Crippen LogP contribution in [0.5, 0.6) is 0 Å². The van der Waals surface area contributed by atoms with E-state index in [1.807, 2.05) is 6.92 Å². The molecule has 0 bridgehead atoms. The first kappa shape index (κ1) is 18.4. The monoisotopic (exact) mass is 259 g/mol. The van der Waals surface area contributed by atoms with Crippen LogP contribution in [0, 0.1) is 11.8 Å². The van der Waals surface area contributed by atoms with Crippen molar-refractivity contribution in [3.63, 3.8) is 0 Å². The van der Waals surface area contributed by atoms with E-state index in [2.05, 4.69) is 32.3 Å². The molecule has 0 saturated heterocycles. The molecule has 0 aliphatic rings. The molecule has 0 aromatic carbocycles. The van der Waals surface area contributed by atoms with Crippen LogP contribution >= 0.6 is 0 Å². The van der Waals surface area contributed by atoms with Gasteiger partial charge in [0.2, 0.25) is 0 Å². The minimum atomic E-state index is -0.147. The summed E-state index contributed by atoms with van der Waals surface area (Å²) in [4.78, 5) is 11.5. The Morgan fingerprint density at radius 3 is 2.35 bits per heavy atom. The molecule has 3 nitrogen and oxygen atoms in total. The van der Waals surface area contributed by atoms with Gasteiger partial charge in [-0.2, -0.15) is 0 Å². The SMILES string of the molecule is C=CC#CC[N+](CC)(CC)CC(=O)OCC.[Cl-]. The van der Waals surface area contributed by atoms with Crippen LogP contribution in [0.15, 0.2) is 12.7 Å². The standard InChI is InChI=1S/C13H22NO2.ClH/c1-5-9-10-11-14(6-2,7-3)12-13(15)16-8-4;/h5H,1,6-8,11-12H2,2-4H3;1H/q+1;/p-1. The van der Waals surface area contributed by atoms with Gasteiger partial charge in [0.25, 0.3) is 0 Å². The number of nitrogens with zero attached hydrogens (tertiary/aromatic N) is 1. The molecule has 0 aromatic rings. The molecule has 0 rings (SSSR count). The van der Waals surface area contributed by atoms with Crippen molar-refractivity contribution in [1.82, 2.24) is 0 Å². The molecule has 0 radical (unpaired) electrons. The molecule has 0 aromatic heterocycles. The first-order chi connectivity index (χ1) is 7.64. The maximum atomic E-state index is 11.5. The van der Waals surface area contributed by atoms with Gasteiger partial charge in [-0.15, -0.1) is 0 Å². The second-order valence-electron chi connectivity index (χ2n) is 3.62. The molecule has 0 amide bonds. The Kier molecular flexibility index (Phi) is 11.0. The van der Waals surface area contributed by atoms with E-state index in [0.29, 0.717) is 24.2 Å². The molecule has 0 heterocycles. The van der Waals surface area contributed by atoms with Gasteiger partial charge in [0.1, 0.15) is 6.54 Å². The van der Waals surface area contributed by atoms with E-state index >= 15 is 0 Å². The highest BCUT2D eigenvalue weighted by Gasteiger charge is 2.26. The normalized spacial score (nSPS) is 9.59. The minimum absolute atomic E-state index is 0. The number of hydrogen-bond acceptors (Lipinski definition) is 2. The van der Waals surface area contributed by atoms with Crippen molar-refractivity contribution in [3.8, 4) is 11.8 Å². The molecular weight excluding hydrogens is 238 g/mol. The predicted octanol–water partition coefficient (Wildman–Crippen LogP) is -1.40. The van der Waals surface area contributed by atoms with Crippen molar-refractivity contribution in [2.75, 3.05) is 32.8 Å². The molecule has 0 saturated carbocycles. The Labute approximate surface area is 111 Å². The summed E-state index contributed by atoms with van der Waals surface area (Å²) in [6.07, 6.45) is 1.57. The minimum Gasteiger partial charge on any atom is -1.00 e. The van der Waals surface area contributed by atoms with Gasteiger partial charge >= 0.3 is 5.97 Å². The average Bonchev–Trinajstić information content (AvgIpc) is 2.28. The third-order valence-corrected chi connectivity index (χ3v) is 2.73. The van der Waals surface area contributed by atoms with E-state index < -0.39 is 0 Å². The number of hydrogen-bond donors (Lipinski definition) is 0. The van der Waals surface area contributed by atoms with E-state index in [1.54, 1.807) is 6.08 Å². The lowest BCUT2D eigenvalue weighted by Crippen LogP contribution is -3.00. The van der Waals surface area contributed by atoms with Gasteiger partial charge in [0.15, 0.2) is 6.54 Å². The molecule has 98 valence electrons. The number of carbonyl (C=O) groups excluding carboxylic acids is 1. The van der Waals surface area contributed by atoms with Crippen molar-refractivity contribution in [1.29, 1.82) is 0 Å². The Balaban J connectivity index is 0. The van der Waals surface area contributed by atoms with Crippen molar-refractivity contribution >= 4 is 5.97 Å². The third kappa shape index (κ3) is 7.04. The fraction of sp³-hybridized carbons (Fsp3) is 0.615. The lowest BCUT2D eigenvalue weighted by atomic mass is 10.3. The van der Waals surface area contributed by atoms with E-state index in [4.69, 9.17) is 4.74 Å². The quantitative estimate of drug-likeness (QED) is 0.333. The van der Waals surface area contributed by atoms with Gasteiger partial charge in [0.05, 0.1) is 19.7 Å². The number of halogens is 1. The van der Waals surface area contributed by atoms with Crippen LogP contribution in [0.25, 0.3) is 0 Å². The van der Waals surface area contributed by atoms with Crippen molar-refractivity contribution in [2.24, 2.45) is 0 Å². The van der Waals surface area contributed by atoms with Crippen LogP contribution in [-0.2, 0) is 9.53 Å². The Hall–Kier alpha value is -0.980. The van der Waals surface area contributed by atoms with E-state index in [9.17, 15) is 4.79 Å². The summed E-state index contributed by atoms with van der Waals surface area (Å²) < 4.78 is 5.64. The van der Waals surface area contributed by atoms with Gasteiger partial charge in [-0.3, -0.25) is 0 Å². The highest BCUT2D eigenvalue weighted by atomic mass is 35.5. The first-order valence-electron chi connectivity index (χ1n) is 5.74. The molecule has 0 aliphatic heterocycles. The van der Waals surface area contributed by atoms with Gasteiger partial charge in [-0.25, -0.2) is 4.79 Å². The maximum Gasteiger partial charge on any atom is 0.361 e. The molecular formula is C13H22ClNO2. The average molecular weight is 260 g/mol. The Bertz CT molecular complexity index is 288. The molecule has 0 N–H and O–H groups in total. The summed E-state index contributed by atoms with van der Waals surface area (Å²) in [7, 11) is 0. The van der Waals surface area contributed by atoms with Crippen molar-refractivity contribution < 1.29 is 26.4 Å². The zero-order valence-corrected chi connectivity index (χ0v) is 11.7. The molecule has 0 spiro atoms. The summed E-state index contributed by atoms with van der Waals surface area (Å²) in [5.74, 6) is 5.70. The van der Waals surface area contributed by atoms with Crippen molar-refractivity contribution in [3.05, 3.63) is 12.7 Å². The Morgan fingerprint density at radius 1 is 1.35 bits per heavy atom. The summed E-state index contributed by atoms with van der Waals surface area (Å²) >= 11 is 0. The number of ether oxygens (including phenoxy) is 1. The molecule has 0 atom stereocenters. The lowest BCUT2D eigenvalue weighted by molar-refractivity contribution is -0.911. The maximum absolute atomic E-state index is 11.5. The molecule has 0 aliphatic carbocycles. The van der Waals surface area contributed by atoms with Gasteiger partial charge in [-0.1, -0.05) is 12.5 Å².